The molecule has 0 radical (unpaired) electrons. The minimum Gasteiger partial charge on any atom is -0.198 e. The fourth-order valence-electron chi connectivity index (χ4n) is 20.0. The zero-order valence-electron chi connectivity index (χ0n) is 75.2. The lowest BCUT2D eigenvalue weighted by atomic mass is 9.66. The summed E-state index contributed by atoms with van der Waals surface area (Å²) in [7, 11) is 2.73. The largest absolute Gasteiger partial charge is 0.221 e. The third-order valence-electron chi connectivity index (χ3n) is 27.1. The lowest BCUT2D eigenvalue weighted by molar-refractivity contribution is -0.665. The Balaban J connectivity index is 0.000000119. The molecule has 4 heterocycles. The highest BCUT2D eigenvalue weighted by molar-refractivity contribution is 6.90. The van der Waals surface area contributed by atoms with Crippen LogP contribution < -0.4 is 39.0 Å². The molecule has 7 aliphatic carbocycles. The molecule has 562 valence electrons. The SMILES string of the molecule is [2H]c1c(C)[n+](C)c(-c2cc3c(cc2C)C2CCC3C2)c2ccc([Si](C)(C)C)cc12.[2H]c1c(C)[n+](C)c(-c2cc3c(cc2C)C2CCC3CC2)c2ccc([Si](C)(C)C)cc12.[2H]c1c(C)[n+](C)c(-c2cc3c(cc2C)CCC3)c2ccc([Si](C)(C)C)cc12.[2H]c1c(C)[n+](C)c2c3c(cc([Si](C)(C)C)cc13)C(C)(C)c1cccc(C)c1-2. The van der Waals surface area contributed by atoms with E-state index in [0.29, 0.717) is 24.2 Å². The quantitative estimate of drug-likeness (QED) is 0.112. The summed E-state index contributed by atoms with van der Waals surface area (Å²) in [5, 5.41) is 15.1. The molecule has 4 bridgehead atoms. The summed E-state index contributed by atoms with van der Waals surface area (Å²) in [6.45, 7) is 50.7. The number of pyridine rings is 4. The standard InChI is InChI=1S/C27H34NSi.C26H32NSi.2C24H30NSi/c1-17-13-25-19-7-9-20(10-8-19)26(25)16-24(17)27-23-12-11-22(29(4,5)6)15-21(23)14-18(2)28(27)3;1-16-11-24-18-7-8-19(13-18)25(24)15-23(16)26-22-10-9-21(28(4,5)6)14-20(22)12-17(2)27(26)3;1-15-10-9-11-19-21(15)23-22-17(12-16(2)25(23)5)13-18(26(6,7)8)14-20(22)24(19,3)4;1-16-12-18-8-7-9-19(18)15-23(16)24-22-11-10-21(26(4,5)6)14-20(22)13-17(2)25(24)3/h11-16,19-20H,7-10H2,1-6H3;9-12,14-15,18-19H,7-8,13H2,1-6H3;9-14H,1-8H3;10-15H,7-9H2,1-6H3/q4*+1/i14D;2*12D;13D. The van der Waals surface area contributed by atoms with Gasteiger partial charge in [-0.25, -0.2) is 0 Å². The number of benzene rings is 8. The van der Waals surface area contributed by atoms with E-state index in [4.69, 9.17) is 5.48 Å². The zero-order chi connectivity index (χ0) is 81.4. The molecule has 2 fully saturated rings. The van der Waals surface area contributed by atoms with Crippen LogP contribution in [-0.4, -0.2) is 32.3 Å². The Kier molecular flexibility index (Phi) is 18.3. The maximum absolute atomic E-state index is 8.88. The molecule has 2 unspecified atom stereocenters. The fourth-order valence-corrected chi connectivity index (χ4v) is 24.6. The molecule has 0 saturated heterocycles. The smallest absolute Gasteiger partial charge is 0.198 e. The van der Waals surface area contributed by atoms with Crippen molar-refractivity contribution < 1.29 is 23.8 Å². The summed E-state index contributed by atoms with van der Waals surface area (Å²) in [5.41, 5.74) is 32.2. The molecular weight excluding hydrogens is 1380 g/mol. The van der Waals surface area contributed by atoms with Gasteiger partial charge < -0.3 is 0 Å². The maximum Gasteiger partial charge on any atom is 0.221 e. The normalized spacial score (nSPS) is 18.4. The van der Waals surface area contributed by atoms with Crippen LogP contribution in [0.1, 0.15) is 184 Å². The van der Waals surface area contributed by atoms with E-state index in [1.165, 1.54) is 196 Å². The Bertz CT molecular complexity index is 6010. The molecule has 8 heteroatoms. The van der Waals surface area contributed by atoms with Crippen LogP contribution >= 0.6 is 0 Å². The number of hydrogen-bond donors (Lipinski definition) is 0. The molecule has 4 nitrogen and oxygen atoms in total. The van der Waals surface area contributed by atoms with Crippen molar-refractivity contribution in [1.29, 1.82) is 0 Å². The third-order valence-corrected chi connectivity index (χ3v) is 35.3. The second-order valence-corrected chi connectivity index (χ2v) is 59.3. The van der Waals surface area contributed by atoms with Crippen molar-refractivity contribution in [2.24, 2.45) is 28.2 Å². The molecule has 0 aliphatic heterocycles. The van der Waals surface area contributed by atoms with E-state index < -0.39 is 32.3 Å². The Labute approximate surface area is 664 Å². The third kappa shape index (κ3) is 13.7. The van der Waals surface area contributed by atoms with Crippen molar-refractivity contribution in [1.82, 2.24) is 0 Å². The van der Waals surface area contributed by atoms with E-state index >= 15 is 0 Å². The minimum atomic E-state index is -1.50. The average molecular weight is 1510 g/mol. The summed E-state index contributed by atoms with van der Waals surface area (Å²) >= 11 is 0. The minimum absolute atomic E-state index is 0.0725. The van der Waals surface area contributed by atoms with Crippen LogP contribution in [0.4, 0.5) is 0 Å². The molecule has 0 amide bonds. The predicted octanol–water partition coefficient (Wildman–Crippen LogP) is 22.2. The van der Waals surface area contributed by atoms with E-state index in [2.05, 4.69) is 316 Å². The predicted molar refractivity (Wildman–Crippen MR) is 479 cm³/mol. The molecule has 8 aromatic carbocycles. The van der Waals surface area contributed by atoms with E-state index in [0.717, 1.165) is 68.0 Å². The monoisotopic (exact) mass is 1510 g/mol. The van der Waals surface area contributed by atoms with Gasteiger partial charge in [-0.2, -0.15) is 18.3 Å². The topological polar surface area (TPSA) is 15.5 Å². The molecule has 109 heavy (non-hydrogen) atoms. The Morgan fingerprint density at radius 2 is 0.697 bits per heavy atom. The molecule has 7 aliphatic rings. The Hall–Kier alpha value is -7.73. The van der Waals surface area contributed by atoms with Crippen LogP contribution in [0.2, 0.25) is 78.6 Å². The first kappa shape index (κ1) is 71.6. The zero-order valence-corrected chi connectivity index (χ0v) is 75.2. The van der Waals surface area contributed by atoms with Crippen molar-refractivity contribution in [3.05, 3.63) is 235 Å². The molecular formula is C101H126N4Si4+4. The summed E-state index contributed by atoms with van der Waals surface area (Å²) in [6.07, 6.45) is 13.2. The number of hydrogen-bond acceptors (Lipinski definition) is 0. The van der Waals surface area contributed by atoms with Crippen LogP contribution in [0.5, 0.6) is 0 Å². The molecule has 2 atom stereocenters. The van der Waals surface area contributed by atoms with Crippen molar-refractivity contribution in [2.45, 2.75) is 241 Å². The molecule has 0 spiro atoms. The van der Waals surface area contributed by atoms with Gasteiger partial charge in [-0.1, -0.05) is 198 Å². The van der Waals surface area contributed by atoms with Crippen molar-refractivity contribution in [2.75, 3.05) is 0 Å². The van der Waals surface area contributed by atoms with Gasteiger partial charge in [0.1, 0.15) is 28.2 Å². The van der Waals surface area contributed by atoms with Crippen LogP contribution in [0.15, 0.2) is 145 Å². The van der Waals surface area contributed by atoms with Crippen LogP contribution in [0.3, 0.4) is 0 Å². The molecule has 4 aromatic heterocycles. The lowest BCUT2D eigenvalue weighted by Crippen LogP contribution is -2.42. The highest BCUT2D eigenvalue weighted by atomic mass is 28.3. The maximum atomic E-state index is 8.88. The van der Waals surface area contributed by atoms with E-state index in [1.54, 1.807) is 22.3 Å². The summed E-state index contributed by atoms with van der Waals surface area (Å²) < 4.78 is 44.3. The number of aromatic nitrogens is 4. The molecule has 12 aromatic rings. The van der Waals surface area contributed by atoms with Gasteiger partial charge >= 0.3 is 0 Å². The summed E-state index contributed by atoms with van der Waals surface area (Å²) in [6, 6.07) is 49.7. The Morgan fingerprint density at radius 3 is 1.13 bits per heavy atom. The van der Waals surface area contributed by atoms with Gasteiger partial charge in [0.05, 0.1) is 81.6 Å². The van der Waals surface area contributed by atoms with Crippen molar-refractivity contribution in [3.8, 4) is 45.0 Å². The van der Waals surface area contributed by atoms with E-state index in [9.17, 15) is 0 Å². The summed E-state index contributed by atoms with van der Waals surface area (Å²) in [5.74, 6) is 3.08. The molecule has 2 saturated carbocycles. The number of aryl methyl sites for hydroxylation is 6. The van der Waals surface area contributed by atoms with Gasteiger partial charge in [0, 0.05) is 57.3 Å². The molecule has 0 N–H and O–H groups in total. The first-order chi connectivity index (χ1) is 53.0. The molecule has 19 rings (SSSR count). The van der Waals surface area contributed by atoms with Crippen molar-refractivity contribution >= 4 is 96.1 Å². The second kappa shape index (κ2) is 27.9. The summed E-state index contributed by atoms with van der Waals surface area (Å²) in [4.78, 5) is 0. The average Bonchev–Trinajstić information content (AvgIpc) is 1.12. The fraction of sp³-hybridized carbons (Fsp3) is 0.406. The van der Waals surface area contributed by atoms with Gasteiger partial charge in [-0.3, -0.25) is 0 Å². The highest BCUT2D eigenvalue weighted by Crippen LogP contribution is 2.55. The highest BCUT2D eigenvalue weighted by Gasteiger charge is 2.42. The van der Waals surface area contributed by atoms with Gasteiger partial charge in [-0.15, -0.1) is 0 Å². The van der Waals surface area contributed by atoms with E-state index in [1.807, 2.05) is 0 Å². The van der Waals surface area contributed by atoms with E-state index in [-0.39, 0.29) is 5.41 Å². The number of rotatable bonds is 7. The second-order valence-electron chi connectivity index (χ2n) is 39.0. The van der Waals surface area contributed by atoms with Crippen molar-refractivity contribution in [3.63, 3.8) is 0 Å². The first-order valence-electron chi connectivity index (χ1n) is 43.3. The van der Waals surface area contributed by atoms with Gasteiger partial charge in [0.15, 0.2) is 22.8 Å². The number of fused-ring (bicyclic) bond motifs is 13. The van der Waals surface area contributed by atoms with Crippen LogP contribution in [-0.2, 0) is 46.4 Å². The number of nitrogens with zero attached hydrogens (tertiary/aromatic N) is 4. The first-order valence-corrected chi connectivity index (χ1v) is 55.3. The van der Waals surface area contributed by atoms with Gasteiger partial charge in [0.25, 0.3) is 0 Å². The Morgan fingerprint density at radius 1 is 0.349 bits per heavy atom. The van der Waals surface area contributed by atoms with Crippen LogP contribution in [0.25, 0.3) is 88.1 Å². The van der Waals surface area contributed by atoms with Gasteiger partial charge in [-0.05, 0) is 240 Å². The van der Waals surface area contributed by atoms with Gasteiger partial charge in [0.2, 0.25) is 22.8 Å². The van der Waals surface area contributed by atoms with Crippen LogP contribution in [0, 0.1) is 55.4 Å². The lowest BCUT2D eigenvalue weighted by Gasteiger charge is -2.38.